The van der Waals surface area contributed by atoms with Crippen molar-refractivity contribution in [1.29, 1.82) is 0 Å². The van der Waals surface area contributed by atoms with Crippen LogP contribution in [0.3, 0.4) is 0 Å². The quantitative estimate of drug-likeness (QED) is 0.270. The van der Waals surface area contributed by atoms with E-state index in [4.69, 9.17) is 31.0 Å². The van der Waals surface area contributed by atoms with Crippen molar-refractivity contribution in [2.24, 2.45) is 0 Å². The number of rotatable bonds is 7. The van der Waals surface area contributed by atoms with Gasteiger partial charge in [-0.15, -0.1) is 0 Å². The van der Waals surface area contributed by atoms with Gasteiger partial charge in [-0.1, -0.05) is 41.9 Å². The van der Waals surface area contributed by atoms with Crippen LogP contribution in [0.5, 0.6) is 6.01 Å². The van der Waals surface area contributed by atoms with Crippen LogP contribution in [0, 0.1) is 5.82 Å². The first-order valence-electron chi connectivity index (χ1n) is 16.6. The molecule has 0 spiro atoms. The topological polar surface area (TPSA) is 96.0 Å². The molecule has 0 radical (unpaired) electrons. The monoisotopic (exact) mass is 659 g/mol. The summed E-state index contributed by atoms with van der Waals surface area (Å²) in [5, 5.41) is 6.43. The van der Waals surface area contributed by atoms with Crippen molar-refractivity contribution in [2.45, 2.75) is 62.2 Å². The minimum Gasteiger partial charge on any atom is -0.461 e. The minimum absolute atomic E-state index is 0.132. The van der Waals surface area contributed by atoms with Crippen LogP contribution in [0.25, 0.3) is 32.9 Å². The normalized spacial score (nSPS) is 25.4. The van der Waals surface area contributed by atoms with Crippen molar-refractivity contribution in [3.05, 3.63) is 53.4 Å². The predicted octanol–water partition coefficient (Wildman–Crippen LogP) is 5.65. The Labute approximate surface area is 278 Å². The summed E-state index contributed by atoms with van der Waals surface area (Å²) in [6.45, 7) is 3.18. The molecule has 10 nitrogen and oxygen atoms in total. The third-order valence-electron chi connectivity index (χ3n) is 10.5. The van der Waals surface area contributed by atoms with E-state index in [0.29, 0.717) is 47.1 Å². The number of carbonyl (C=O) groups excluding carboxylic acids is 1. The van der Waals surface area contributed by atoms with Gasteiger partial charge in [0.15, 0.2) is 5.82 Å². The molecule has 4 aromatic rings. The van der Waals surface area contributed by atoms with Crippen LogP contribution in [0.1, 0.15) is 38.5 Å². The molecule has 47 heavy (non-hydrogen) atoms. The summed E-state index contributed by atoms with van der Waals surface area (Å²) in [5.41, 5.74) is 0.788. The second kappa shape index (κ2) is 12.0. The second-order valence-electron chi connectivity index (χ2n) is 13.7. The first-order valence-corrected chi connectivity index (χ1v) is 17.0. The SMILES string of the molecule is CN(C)C(=O)OC[C@H]1CC[C@@]2(COc3nc(N4CC5CCC(C4)N5)c4cnc(-c5cccc6cccc(Cl)c56)c(F)c4n3)CCCN12. The van der Waals surface area contributed by atoms with Gasteiger partial charge in [0.1, 0.15) is 30.2 Å². The molecule has 4 atom stereocenters. The molecule has 4 saturated heterocycles. The Morgan fingerprint density at radius 1 is 1.11 bits per heavy atom. The lowest BCUT2D eigenvalue weighted by Gasteiger charge is -2.35. The summed E-state index contributed by atoms with van der Waals surface area (Å²) in [6.07, 6.45) is 7.41. The van der Waals surface area contributed by atoms with Crippen molar-refractivity contribution in [3.8, 4) is 17.3 Å². The van der Waals surface area contributed by atoms with Gasteiger partial charge in [-0.05, 0) is 56.5 Å². The summed E-state index contributed by atoms with van der Waals surface area (Å²) in [5.74, 6) is 0.129. The van der Waals surface area contributed by atoms with Gasteiger partial charge in [0.05, 0.1) is 10.9 Å². The van der Waals surface area contributed by atoms with Crippen LogP contribution < -0.4 is 15.0 Å². The number of pyridine rings is 1. The van der Waals surface area contributed by atoms with Crippen molar-refractivity contribution >= 4 is 45.2 Å². The first kappa shape index (κ1) is 30.5. The van der Waals surface area contributed by atoms with E-state index in [1.165, 1.54) is 4.90 Å². The van der Waals surface area contributed by atoms with E-state index in [1.54, 1.807) is 20.3 Å². The van der Waals surface area contributed by atoms with Crippen LogP contribution in [0.2, 0.25) is 5.02 Å². The van der Waals surface area contributed by atoms with E-state index in [-0.39, 0.29) is 34.9 Å². The molecule has 4 aliphatic heterocycles. The van der Waals surface area contributed by atoms with E-state index >= 15 is 4.39 Å². The van der Waals surface area contributed by atoms with E-state index in [2.05, 4.69) is 20.1 Å². The molecule has 0 aliphatic carbocycles. The first-order chi connectivity index (χ1) is 22.8. The minimum atomic E-state index is -0.522. The average Bonchev–Trinajstić information content (AvgIpc) is 3.75. The number of anilines is 1. The molecule has 0 saturated carbocycles. The van der Waals surface area contributed by atoms with Crippen LogP contribution in [-0.2, 0) is 4.74 Å². The van der Waals surface area contributed by atoms with Crippen LogP contribution in [-0.4, -0.2) is 101 Å². The Hall–Kier alpha value is -3.80. The molecule has 2 unspecified atom stereocenters. The molecular formula is C35H39ClFN7O3. The van der Waals surface area contributed by atoms with Gasteiger partial charge in [-0.25, -0.2) is 9.18 Å². The molecule has 1 amide bonds. The number of ether oxygens (including phenoxy) is 2. The highest BCUT2D eigenvalue weighted by Gasteiger charge is 2.50. The summed E-state index contributed by atoms with van der Waals surface area (Å²) in [6, 6.07) is 12.4. The number of nitrogens with zero attached hydrogens (tertiary/aromatic N) is 6. The summed E-state index contributed by atoms with van der Waals surface area (Å²) in [4.78, 5) is 32.6. The van der Waals surface area contributed by atoms with Gasteiger partial charge in [-0.2, -0.15) is 9.97 Å². The van der Waals surface area contributed by atoms with Gasteiger partial charge in [0.25, 0.3) is 0 Å². The predicted molar refractivity (Wildman–Crippen MR) is 180 cm³/mol. The standard InChI is InChI=1S/C35H39ClFN7O3/c1-42(2)34(45)46-19-24-12-14-35(13-5-15-44(24)35)20-47-33-40-31-26(32(41-33)43-17-22-10-11-23(18-43)39-22)16-38-30(29(31)37)25-8-3-6-21-7-4-9-27(36)28(21)25/h3-4,6-9,16,22-24,39H,5,10-15,17-20H2,1-2H3/t22?,23?,24-,35-/m1/s1. The van der Waals surface area contributed by atoms with Crippen molar-refractivity contribution in [3.63, 3.8) is 0 Å². The number of hydrogen-bond donors (Lipinski definition) is 1. The lowest BCUT2D eigenvalue weighted by molar-refractivity contribution is 0.0484. The Bertz CT molecular complexity index is 1840. The summed E-state index contributed by atoms with van der Waals surface area (Å²) in [7, 11) is 3.38. The highest BCUT2D eigenvalue weighted by Crippen LogP contribution is 2.43. The summed E-state index contributed by atoms with van der Waals surface area (Å²) < 4.78 is 28.8. The summed E-state index contributed by atoms with van der Waals surface area (Å²) >= 11 is 6.64. The van der Waals surface area contributed by atoms with Gasteiger partial charge >= 0.3 is 12.1 Å². The number of piperazine rings is 1. The van der Waals surface area contributed by atoms with Gasteiger partial charge in [0, 0.05) is 67.5 Å². The zero-order valence-corrected chi connectivity index (χ0v) is 27.5. The lowest BCUT2D eigenvalue weighted by Crippen LogP contribution is -2.51. The molecular weight excluding hydrogens is 621 g/mol. The fourth-order valence-electron chi connectivity index (χ4n) is 8.26. The van der Waals surface area contributed by atoms with E-state index in [9.17, 15) is 4.79 Å². The van der Waals surface area contributed by atoms with Gasteiger partial charge in [0.2, 0.25) is 0 Å². The largest absolute Gasteiger partial charge is 0.461 e. The third kappa shape index (κ3) is 5.42. The van der Waals surface area contributed by atoms with Gasteiger partial charge < -0.3 is 24.6 Å². The Morgan fingerprint density at radius 2 is 1.89 bits per heavy atom. The molecule has 4 aliphatic rings. The molecule has 2 bridgehead atoms. The highest BCUT2D eigenvalue weighted by atomic mass is 35.5. The molecule has 6 heterocycles. The maximum absolute atomic E-state index is 16.8. The molecule has 246 valence electrons. The van der Waals surface area contributed by atoms with E-state index in [0.717, 1.165) is 68.9 Å². The molecule has 4 fully saturated rings. The lowest BCUT2D eigenvalue weighted by atomic mass is 9.95. The molecule has 1 N–H and O–H groups in total. The fraction of sp³-hybridized carbons (Fsp3) is 0.486. The Morgan fingerprint density at radius 3 is 2.68 bits per heavy atom. The molecule has 8 rings (SSSR count). The van der Waals surface area contributed by atoms with Crippen molar-refractivity contribution in [1.82, 2.24) is 30.1 Å². The van der Waals surface area contributed by atoms with Crippen LogP contribution in [0.15, 0.2) is 42.6 Å². The maximum atomic E-state index is 16.8. The van der Waals surface area contributed by atoms with Crippen LogP contribution in [0.4, 0.5) is 15.0 Å². The number of aromatic nitrogens is 3. The number of nitrogens with one attached hydrogen (secondary N) is 1. The zero-order valence-electron chi connectivity index (χ0n) is 26.7. The number of hydrogen-bond acceptors (Lipinski definition) is 9. The maximum Gasteiger partial charge on any atom is 0.409 e. The smallest absolute Gasteiger partial charge is 0.409 e. The number of halogens is 2. The Kier molecular flexibility index (Phi) is 7.81. The fourth-order valence-corrected chi connectivity index (χ4v) is 8.55. The van der Waals surface area contributed by atoms with Crippen LogP contribution >= 0.6 is 11.6 Å². The Balaban J connectivity index is 1.15. The number of amides is 1. The van der Waals surface area contributed by atoms with Crippen molar-refractivity contribution in [2.75, 3.05) is 51.8 Å². The molecule has 12 heteroatoms. The van der Waals surface area contributed by atoms with Gasteiger partial charge in [-0.3, -0.25) is 9.88 Å². The molecule has 2 aromatic heterocycles. The van der Waals surface area contributed by atoms with Crippen molar-refractivity contribution < 1.29 is 18.7 Å². The third-order valence-corrected chi connectivity index (χ3v) is 10.9. The second-order valence-corrected chi connectivity index (χ2v) is 14.1. The number of fused-ring (bicyclic) bond motifs is 5. The van der Waals surface area contributed by atoms with E-state index < -0.39 is 5.82 Å². The molecule has 2 aromatic carbocycles. The average molecular weight is 660 g/mol. The van der Waals surface area contributed by atoms with E-state index in [1.807, 2.05) is 36.4 Å². The highest BCUT2D eigenvalue weighted by molar-refractivity contribution is 6.36. The number of carbonyl (C=O) groups is 1. The zero-order chi connectivity index (χ0) is 32.3. The number of benzene rings is 2.